The second-order valence-electron chi connectivity index (χ2n) is 8.54. The Hall–Kier alpha value is -3.61. The van der Waals surface area contributed by atoms with Gasteiger partial charge in [-0.25, -0.2) is 4.79 Å². The smallest absolute Gasteiger partial charge is 0.329 e. The zero-order valence-corrected chi connectivity index (χ0v) is 20.5. The number of nitrogens with zero attached hydrogens (tertiary/aromatic N) is 1. The molecule has 1 heterocycles. The molecule has 1 amide bonds. The summed E-state index contributed by atoms with van der Waals surface area (Å²) in [6.07, 6.45) is 0.00611. The Morgan fingerprint density at radius 3 is 2.23 bits per heavy atom. The molecule has 0 aliphatic rings. The summed E-state index contributed by atoms with van der Waals surface area (Å²) in [5.41, 5.74) is 1.03. The Balaban J connectivity index is 1.62. The average molecular weight is 509 g/mol. The number of fused-ring (bicyclic) bond motifs is 1. The first-order valence-corrected chi connectivity index (χ1v) is 11.5. The van der Waals surface area contributed by atoms with Crippen molar-refractivity contribution in [2.45, 2.75) is 18.9 Å². The molecule has 0 spiro atoms. The lowest BCUT2D eigenvalue weighted by atomic mass is 9.91. The van der Waals surface area contributed by atoms with Crippen molar-refractivity contribution >= 4 is 46.0 Å². The van der Waals surface area contributed by atoms with Crippen LogP contribution in [0.2, 0.25) is 10.0 Å². The van der Waals surface area contributed by atoms with Gasteiger partial charge < -0.3 is 15.0 Å². The van der Waals surface area contributed by atoms with Crippen molar-refractivity contribution in [1.82, 2.24) is 9.88 Å². The second kappa shape index (κ2) is 9.56. The van der Waals surface area contributed by atoms with Gasteiger partial charge in [0.2, 0.25) is 0 Å². The van der Waals surface area contributed by atoms with Gasteiger partial charge in [0.25, 0.3) is 11.5 Å². The second-order valence-corrected chi connectivity index (χ2v) is 9.36. The molecule has 6 nitrogen and oxygen atoms in total. The van der Waals surface area contributed by atoms with Gasteiger partial charge in [0.15, 0.2) is 0 Å². The van der Waals surface area contributed by atoms with Crippen LogP contribution in [-0.2, 0) is 18.3 Å². The molecule has 1 atom stereocenters. The number of carboxylic acid groups (broad SMARTS) is 1. The number of pyridine rings is 1. The van der Waals surface area contributed by atoms with Crippen molar-refractivity contribution in [1.29, 1.82) is 0 Å². The van der Waals surface area contributed by atoms with Gasteiger partial charge in [0.05, 0.1) is 21.1 Å². The predicted molar refractivity (Wildman–Crippen MR) is 138 cm³/mol. The Morgan fingerprint density at radius 2 is 1.60 bits per heavy atom. The number of aryl methyl sites for hydroxylation is 1. The summed E-state index contributed by atoms with van der Waals surface area (Å²) in [5.74, 6) is -1.89. The molecular weight excluding hydrogens is 487 g/mol. The molecule has 0 fully saturated rings. The number of hydrogen-bond acceptors (Lipinski definition) is 3. The molecule has 1 aromatic heterocycles. The Bertz CT molecular complexity index is 1490. The first-order valence-electron chi connectivity index (χ1n) is 10.8. The minimum Gasteiger partial charge on any atom is -0.480 e. The molecule has 8 heteroatoms. The molecule has 4 rings (SSSR count). The number of hydrogen-bond donors (Lipinski definition) is 2. The molecule has 0 unspecified atom stereocenters. The minimum atomic E-state index is -1.62. The number of carbonyl (C=O) groups is 2. The fourth-order valence-corrected chi connectivity index (χ4v) is 4.61. The summed E-state index contributed by atoms with van der Waals surface area (Å²) in [6.45, 7) is 1.42. The maximum absolute atomic E-state index is 12.9. The Kier molecular flexibility index (Phi) is 6.70. The molecular formula is C27H22Cl2N2O4. The van der Waals surface area contributed by atoms with Crippen LogP contribution in [0, 0.1) is 0 Å². The van der Waals surface area contributed by atoms with E-state index in [4.69, 9.17) is 23.2 Å². The van der Waals surface area contributed by atoms with E-state index in [1.54, 1.807) is 41.9 Å². The quantitative estimate of drug-likeness (QED) is 0.368. The van der Waals surface area contributed by atoms with Crippen LogP contribution in [0.4, 0.5) is 0 Å². The molecule has 0 radical (unpaired) electrons. The number of aliphatic carboxylic acids is 1. The Labute approximate surface area is 211 Å². The number of carbonyl (C=O) groups excluding carboxylic acids is 1. The number of aromatic nitrogens is 1. The standard InChI is InChI=1S/C27H22Cl2N2O4/c1-27(26(34)35,30-24(32)23-20(28)7-5-8-21(23)29)15-16-10-12-17(13-11-16)19-14-18-6-3-4-9-22(18)31(2)25(19)33/h3-14H,15H2,1-2H3,(H,30,32)(H,34,35)/t27-/m0/s1. The number of amides is 1. The van der Waals surface area contributed by atoms with E-state index < -0.39 is 17.4 Å². The molecule has 0 aliphatic heterocycles. The largest absolute Gasteiger partial charge is 0.480 e. The highest BCUT2D eigenvalue weighted by atomic mass is 35.5. The van der Waals surface area contributed by atoms with E-state index >= 15 is 0 Å². The predicted octanol–water partition coefficient (Wildman–Crippen LogP) is 5.33. The minimum absolute atomic E-state index is 0.00611. The zero-order valence-electron chi connectivity index (χ0n) is 19.0. The SMILES string of the molecule is Cn1c(=O)c(-c2ccc(C[C@](C)(NC(=O)c3c(Cl)cccc3Cl)C(=O)O)cc2)cc2ccccc21. The van der Waals surface area contributed by atoms with Gasteiger partial charge in [-0.3, -0.25) is 9.59 Å². The molecule has 3 aromatic carbocycles. The van der Waals surface area contributed by atoms with Crippen LogP contribution in [-0.4, -0.2) is 27.1 Å². The number of rotatable bonds is 6. The molecule has 178 valence electrons. The van der Waals surface area contributed by atoms with Crippen molar-refractivity contribution in [3.63, 3.8) is 0 Å². The van der Waals surface area contributed by atoms with Crippen molar-refractivity contribution in [3.05, 3.63) is 104 Å². The zero-order chi connectivity index (χ0) is 25.3. The van der Waals surface area contributed by atoms with E-state index in [0.29, 0.717) is 16.7 Å². The van der Waals surface area contributed by atoms with E-state index in [1.165, 1.54) is 19.1 Å². The summed E-state index contributed by atoms with van der Waals surface area (Å²) < 4.78 is 1.61. The van der Waals surface area contributed by atoms with Gasteiger partial charge in [-0.2, -0.15) is 0 Å². The van der Waals surface area contributed by atoms with Gasteiger partial charge in [-0.05, 0) is 47.7 Å². The first-order chi connectivity index (χ1) is 16.6. The lowest BCUT2D eigenvalue weighted by molar-refractivity contribution is -0.143. The van der Waals surface area contributed by atoms with Crippen LogP contribution in [0.15, 0.2) is 77.6 Å². The summed E-state index contributed by atoms with van der Waals surface area (Å²) >= 11 is 12.2. The summed E-state index contributed by atoms with van der Waals surface area (Å²) in [6, 6.07) is 21.1. The topological polar surface area (TPSA) is 88.4 Å². The highest BCUT2D eigenvalue weighted by Crippen LogP contribution is 2.26. The fourth-order valence-electron chi connectivity index (χ4n) is 4.04. The van der Waals surface area contributed by atoms with Crippen LogP contribution in [0.25, 0.3) is 22.0 Å². The molecule has 0 saturated carbocycles. The maximum Gasteiger partial charge on any atom is 0.329 e. The van der Waals surface area contributed by atoms with Crippen molar-refractivity contribution in [3.8, 4) is 11.1 Å². The van der Waals surface area contributed by atoms with Gasteiger partial charge in [-0.1, -0.05) is 71.7 Å². The van der Waals surface area contributed by atoms with Crippen LogP contribution in [0.1, 0.15) is 22.8 Å². The van der Waals surface area contributed by atoms with Gasteiger partial charge >= 0.3 is 5.97 Å². The molecule has 35 heavy (non-hydrogen) atoms. The summed E-state index contributed by atoms with van der Waals surface area (Å²) in [4.78, 5) is 37.9. The van der Waals surface area contributed by atoms with Crippen LogP contribution in [0.3, 0.4) is 0 Å². The third-order valence-electron chi connectivity index (χ3n) is 6.01. The van der Waals surface area contributed by atoms with Crippen LogP contribution in [0.5, 0.6) is 0 Å². The van der Waals surface area contributed by atoms with E-state index in [2.05, 4.69) is 5.32 Å². The molecule has 2 N–H and O–H groups in total. The molecule has 4 aromatic rings. The van der Waals surface area contributed by atoms with Gasteiger partial charge in [0.1, 0.15) is 5.54 Å². The van der Waals surface area contributed by atoms with E-state index in [0.717, 1.165) is 10.9 Å². The Morgan fingerprint density at radius 1 is 0.971 bits per heavy atom. The van der Waals surface area contributed by atoms with E-state index in [9.17, 15) is 19.5 Å². The van der Waals surface area contributed by atoms with Crippen LogP contribution >= 0.6 is 23.2 Å². The van der Waals surface area contributed by atoms with Crippen LogP contribution < -0.4 is 10.9 Å². The normalized spacial score (nSPS) is 12.8. The maximum atomic E-state index is 12.9. The number of benzene rings is 3. The van der Waals surface area contributed by atoms with E-state index in [1.807, 2.05) is 30.3 Å². The number of carboxylic acids is 1. The highest BCUT2D eigenvalue weighted by molar-refractivity contribution is 6.39. The fraction of sp³-hybridized carbons (Fsp3) is 0.148. The third kappa shape index (κ3) is 4.81. The van der Waals surface area contributed by atoms with E-state index in [-0.39, 0.29) is 27.6 Å². The van der Waals surface area contributed by atoms with Gasteiger partial charge in [-0.15, -0.1) is 0 Å². The molecule has 0 aliphatic carbocycles. The number of nitrogens with one attached hydrogen (secondary N) is 1. The summed E-state index contributed by atoms with van der Waals surface area (Å²) in [7, 11) is 1.73. The molecule has 0 bridgehead atoms. The lowest BCUT2D eigenvalue weighted by Crippen LogP contribution is -2.53. The average Bonchev–Trinajstić information content (AvgIpc) is 2.82. The van der Waals surface area contributed by atoms with Gasteiger partial charge in [0, 0.05) is 19.0 Å². The van der Waals surface area contributed by atoms with Crippen molar-refractivity contribution < 1.29 is 14.7 Å². The van der Waals surface area contributed by atoms with Crippen molar-refractivity contribution in [2.75, 3.05) is 0 Å². The highest BCUT2D eigenvalue weighted by Gasteiger charge is 2.36. The monoisotopic (exact) mass is 508 g/mol. The summed E-state index contributed by atoms with van der Waals surface area (Å²) in [5, 5.41) is 13.7. The first kappa shape index (κ1) is 24.5. The third-order valence-corrected chi connectivity index (χ3v) is 6.64. The number of para-hydroxylation sites is 1. The molecule has 0 saturated heterocycles. The van der Waals surface area contributed by atoms with Crippen molar-refractivity contribution in [2.24, 2.45) is 7.05 Å². The number of halogens is 2. The lowest BCUT2D eigenvalue weighted by Gasteiger charge is -2.27.